The van der Waals surface area contributed by atoms with Gasteiger partial charge in [0.25, 0.3) is 0 Å². The minimum atomic E-state index is -0.957. The van der Waals surface area contributed by atoms with Crippen LogP contribution in [-0.4, -0.2) is 55.1 Å². The fourth-order valence-electron chi connectivity index (χ4n) is 1.47. The molecular formula is C8H16O5. The standard InChI is InChI=1S/C8H16O5/c1-4-5(9)7(11-2)6(10)8(12-3)13-4/h4-10H,1-3H3/t4-,5-,6-,7+,8-/m1/s1. The Morgan fingerprint density at radius 1 is 1.08 bits per heavy atom. The molecule has 0 aromatic heterocycles. The Labute approximate surface area is 77.2 Å². The molecule has 0 aromatic rings. The van der Waals surface area contributed by atoms with Crippen molar-refractivity contribution in [2.45, 2.75) is 37.6 Å². The van der Waals surface area contributed by atoms with Crippen LogP contribution in [-0.2, 0) is 14.2 Å². The van der Waals surface area contributed by atoms with Gasteiger partial charge >= 0.3 is 0 Å². The van der Waals surface area contributed by atoms with Crippen molar-refractivity contribution in [1.29, 1.82) is 0 Å². The second kappa shape index (κ2) is 4.34. The molecule has 0 radical (unpaired) electrons. The Bertz CT molecular complexity index is 163. The molecule has 0 spiro atoms. The molecular weight excluding hydrogens is 176 g/mol. The van der Waals surface area contributed by atoms with Crippen LogP contribution in [0.3, 0.4) is 0 Å². The first-order chi connectivity index (χ1) is 6.11. The number of rotatable bonds is 2. The summed E-state index contributed by atoms with van der Waals surface area (Å²) in [7, 11) is 2.87. The van der Waals surface area contributed by atoms with E-state index in [2.05, 4.69) is 0 Å². The third-order valence-corrected chi connectivity index (χ3v) is 2.29. The molecule has 1 aliphatic rings. The minimum absolute atomic E-state index is 0.404. The number of aliphatic hydroxyl groups is 2. The molecule has 0 amide bonds. The summed E-state index contributed by atoms with van der Waals surface area (Å²) in [4.78, 5) is 0. The number of hydrogen-bond acceptors (Lipinski definition) is 5. The van der Waals surface area contributed by atoms with Gasteiger partial charge in [0, 0.05) is 14.2 Å². The highest BCUT2D eigenvalue weighted by Crippen LogP contribution is 2.22. The summed E-state index contributed by atoms with van der Waals surface area (Å²) in [5.74, 6) is 0. The van der Waals surface area contributed by atoms with Gasteiger partial charge in [0.05, 0.1) is 6.10 Å². The number of hydrogen-bond donors (Lipinski definition) is 2. The zero-order valence-corrected chi connectivity index (χ0v) is 8.01. The maximum Gasteiger partial charge on any atom is 0.186 e. The van der Waals surface area contributed by atoms with E-state index >= 15 is 0 Å². The van der Waals surface area contributed by atoms with Crippen molar-refractivity contribution in [2.24, 2.45) is 0 Å². The van der Waals surface area contributed by atoms with Crippen LogP contribution >= 0.6 is 0 Å². The van der Waals surface area contributed by atoms with Crippen LogP contribution in [0.2, 0.25) is 0 Å². The van der Waals surface area contributed by atoms with E-state index in [1.165, 1.54) is 14.2 Å². The van der Waals surface area contributed by atoms with Crippen molar-refractivity contribution in [2.75, 3.05) is 14.2 Å². The van der Waals surface area contributed by atoms with E-state index < -0.39 is 30.7 Å². The lowest BCUT2D eigenvalue weighted by Gasteiger charge is -2.40. The molecule has 0 unspecified atom stereocenters. The molecule has 2 N–H and O–H groups in total. The van der Waals surface area contributed by atoms with Gasteiger partial charge in [-0.3, -0.25) is 0 Å². The van der Waals surface area contributed by atoms with Crippen molar-refractivity contribution in [3.63, 3.8) is 0 Å². The molecule has 0 bridgehead atoms. The lowest BCUT2D eigenvalue weighted by atomic mass is 10.00. The molecule has 0 aromatic carbocycles. The highest BCUT2D eigenvalue weighted by Gasteiger charge is 2.43. The van der Waals surface area contributed by atoms with Crippen LogP contribution in [0.15, 0.2) is 0 Å². The molecule has 5 nitrogen and oxygen atoms in total. The van der Waals surface area contributed by atoms with Gasteiger partial charge in [-0.25, -0.2) is 0 Å². The molecule has 78 valence electrons. The van der Waals surface area contributed by atoms with E-state index in [4.69, 9.17) is 14.2 Å². The SMILES string of the molecule is CO[C@@H]1O[C@H](C)[C@@H](O)[C@H](OC)[C@H]1O. The van der Waals surface area contributed by atoms with Gasteiger partial charge in [0.1, 0.15) is 18.3 Å². The van der Waals surface area contributed by atoms with Crippen LogP contribution in [0.5, 0.6) is 0 Å². The predicted molar refractivity (Wildman–Crippen MR) is 44.2 cm³/mol. The Morgan fingerprint density at radius 2 is 1.69 bits per heavy atom. The monoisotopic (exact) mass is 192 g/mol. The first-order valence-corrected chi connectivity index (χ1v) is 4.19. The van der Waals surface area contributed by atoms with Crippen LogP contribution in [0.25, 0.3) is 0 Å². The van der Waals surface area contributed by atoms with Crippen molar-refractivity contribution in [3.8, 4) is 0 Å². The van der Waals surface area contributed by atoms with Gasteiger partial charge in [-0.15, -0.1) is 0 Å². The van der Waals surface area contributed by atoms with E-state index in [0.29, 0.717) is 0 Å². The lowest BCUT2D eigenvalue weighted by Crippen LogP contribution is -2.57. The van der Waals surface area contributed by atoms with Gasteiger partial charge in [0.15, 0.2) is 6.29 Å². The summed E-state index contributed by atoms with van der Waals surface area (Å²) in [6.07, 6.45) is -3.58. The van der Waals surface area contributed by atoms with Crippen molar-refractivity contribution >= 4 is 0 Å². The van der Waals surface area contributed by atoms with E-state index in [1.807, 2.05) is 0 Å². The Morgan fingerprint density at radius 3 is 2.15 bits per heavy atom. The minimum Gasteiger partial charge on any atom is -0.388 e. The predicted octanol–water partition coefficient (Wildman–Crippen LogP) is -0.886. The highest BCUT2D eigenvalue weighted by molar-refractivity contribution is 4.88. The zero-order valence-electron chi connectivity index (χ0n) is 8.01. The molecule has 0 saturated carbocycles. The molecule has 1 heterocycles. The van der Waals surface area contributed by atoms with Crippen molar-refractivity contribution in [3.05, 3.63) is 0 Å². The van der Waals surface area contributed by atoms with Crippen molar-refractivity contribution < 1.29 is 24.4 Å². The normalized spacial score (nSPS) is 46.4. The van der Waals surface area contributed by atoms with E-state index in [1.54, 1.807) is 6.92 Å². The summed E-state index contributed by atoms with van der Waals surface area (Å²) < 4.78 is 15.0. The second-order valence-electron chi connectivity index (χ2n) is 3.13. The quantitative estimate of drug-likeness (QED) is 0.594. The molecule has 5 atom stereocenters. The smallest absolute Gasteiger partial charge is 0.186 e. The summed E-state index contributed by atoms with van der Waals surface area (Å²) in [6, 6.07) is 0. The molecule has 1 fully saturated rings. The second-order valence-corrected chi connectivity index (χ2v) is 3.13. The van der Waals surface area contributed by atoms with Gasteiger partial charge in [-0.1, -0.05) is 0 Å². The summed E-state index contributed by atoms with van der Waals surface area (Å²) in [5, 5.41) is 19.1. The third kappa shape index (κ3) is 2.00. The topological polar surface area (TPSA) is 68.2 Å². The average Bonchev–Trinajstić information content (AvgIpc) is 2.12. The Hall–Kier alpha value is -0.200. The lowest BCUT2D eigenvalue weighted by molar-refractivity contribution is -0.290. The first-order valence-electron chi connectivity index (χ1n) is 4.19. The van der Waals surface area contributed by atoms with Gasteiger partial charge in [0.2, 0.25) is 0 Å². The van der Waals surface area contributed by atoms with Crippen LogP contribution in [0.1, 0.15) is 6.92 Å². The molecule has 0 aliphatic carbocycles. The van der Waals surface area contributed by atoms with Gasteiger partial charge in [-0.2, -0.15) is 0 Å². The number of aliphatic hydroxyl groups excluding tert-OH is 2. The molecule has 1 aliphatic heterocycles. The molecule has 5 heteroatoms. The van der Waals surface area contributed by atoms with E-state index in [0.717, 1.165) is 0 Å². The van der Waals surface area contributed by atoms with Crippen LogP contribution in [0, 0.1) is 0 Å². The van der Waals surface area contributed by atoms with Crippen molar-refractivity contribution in [1.82, 2.24) is 0 Å². The maximum absolute atomic E-state index is 9.58. The van der Waals surface area contributed by atoms with Crippen LogP contribution < -0.4 is 0 Å². The summed E-state index contributed by atoms with van der Waals surface area (Å²) in [5.41, 5.74) is 0. The Balaban J connectivity index is 2.69. The summed E-state index contributed by atoms with van der Waals surface area (Å²) in [6.45, 7) is 1.70. The molecule has 1 rings (SSSR count). The summed E-state index contributed by atoms with van der Waals surface area (Å²) >= 11 is 0. The first kappa shape index (κ1) is 10.9. The number of ether oxygens (including phenoxy) is 3. The van der Waals surface area contributed by atoms with E-state index in [9.17, 15) is 10.2 Å². The fraction of sp³-hybridized carbons (Fsp3) is 1.00. The zero-order chi connectivity index (χ0) is 10.0. The third-order valence-electron chi connectivity index (χ3n) is 2.29. The molecule has 1 saturated heterocycles. The van der Waals surface area contributed by atoms with E-state index in [-0.39, 0.29) is 0 Å². The molecule has 13 heavy (non-hydrogen) atoms. The maximum atomic E-state index is 9.58. The van der Waals surface area contributed by atoms with Gasteiger partial charge in [-0.05, 0) is 6.92 Å². The largest absolute Gasteiger partial charge is 0.388 e. The average molecular weight is 192 g/mol. The fourth-order valence-corrected chi connectivity index (χ4v) is 1.47. The Kier molecular flexibility index (Phi) is 3.63. The van der Waals surface area contributed by atoms with Gasteiger partial charge < -0.3 is 24.4 Å². The number of methoxy groups -OCH3 is 2. The highest BCUT2D eigenvalue weighted by atomic mass is 16.7. The van der Waals surface area contributed by atoms with Crippen LogP contribution in [0.4, 0.5) is 0 Å².